The lowest BCUT2D eigenvalue weighted by molar-refractivity contribution is -0.118. The van der Waals surface area contributed by atoms with Crippen LogP contribution in [-0.2, 0) is 26.8 Å². The number of nitrogens with zero attached hydrogens (tertiary/aromatic N) is 5. The maximum absolute atomic E-state index is 12.9. The predicted molar refractivity (Wildman–Crippen MR) is 155 cm³/mol. The molecule has 3 aromatic rings. The number of halogens is 1. The number of ketones is 1. The summed E-state index contributed by atoms with van der Waals surface area (Å²) in [5, 5.41) is 8.51. The number of carbonyl (C=O) groups excluding carboxylic acids is 1. The Hall–Kier alpha value is -3.02. The summed E-state index contributed by atoms with van der Waals surface area (Å²) in [4.78, 5) is 19.5. The molecule has 214 valence electrons. The first kappa shape index (κ1) is 28.5. The summed E-state index contributed by atoms with van der Waals surface area (Å²) in [5.41, 5.74) is 6.97. The molecule has 0 radical (unpaired) electrons. The molecule has 2 aliphatic rings. The van der Waals surface area contributed by atoms with Gasteiger partial charge in [-0.1, -0.05) is 48.9 Å². The average Bonchev–Trinajstić information content (AvgIpc) is 3.81. The van der Waals surface area contributed by atoms with Crippen molar-refractivity contribution >= 4 is 39.0 Å². The van der Waals surface area contributed by atoms with Gasteiger partial charge in [0, 0.05) is 19.5 Å². The Balaban J connectivity index is 1.55. The van der Waals surface area contributed by atoms with Gasteiger partial charge in [-0.15, -0.1) is 10.2 Å². The Kier molecular flexibility index (Phi) is 7.66. The van der Waals surface area contributed by atoms with E-state index in [-0.39, 0.29) is 40.9 Å². The second-order valence-corrected chi connectivity index (χ2v) is 13.9. The maximum atomic E-state index is 12.9. The van der Waals surface area contributed by atoms with E-state index in [2.05, 4.69) is 22.1 Å². The molecule has 0 saturated heterocycles. The van der Waals surface area contributed by atoms with E-state index in [1.807, 2.05) is 42.2 Å². The molecule has 2 aromatic heterocycles. The zero-order valence-corrected chi connectivity index (χ0v) is 24.7. The van der Waals surface area contributed by atoms with Gasteiger partial charge >= 0.3 is 0 Å². The van der Waals surface area contributed by atoms with Gasteiger partial charge in [-0.05, 0) is 56.1 Å². The summed E-state index contributed by atoms with van der Waals surface area (Å²) >= 11 is 6.77. The highest BCUT2D eigenvalue weighted by molar-refractivity contribution is 7.92. The van der Waals surface area contributed by atoms with Crippen LogP contribution in [0.25, 0.3) is 11.5 Å². The van der Waals surface area contributed by atoms with Gasteiger partial charge in [0.1, 0.15) is 5.82 Å². The van der Waals surface area contributed by atoms with Gasteiger partial charge in [0.25, 0.3) is 0 Å². The van der Waals surface area contributed by atoms with E-state index in [9.17, 15) is 13.2 Å². The normalized spacial score (nSPS) is 20.1. The average molecular weight is 587 g/mol. The molecule has 0 aliphatic heterocycles. The van der Waals surface area contributed by atoms with Crippen molar-refractivity contribution in [3.63, 3.8) is 0 Å². The van der Waals surface area contributed by atoms with Crippen molar-refractivity contribution in [2.45, 2.75) is 45.1 Å². The Bertz CT molecular complexity index is 1510. The molecule has 40 heavy (non-hydrogen) atoms. The Morgan fingerprint density at radius 3 is 2.50 bits per heavy atom. The zero-order valence-electron chi connectivity index (χ0n) is 23.2. The van der Waals surface area contributed by atoms with Gasteiger partial charge < -0.3 is 15.1 Å². The topological polar surface area (TPSA) is 136 Å². The molecule has 0 spiro atoms. The molecule has 2 heterocycles. The van der Waals surface area contributed by atoms with E-state index in [0.717, 1.165) is 35.4 Å². The Morgan fingerprint density at radius 1 is 1.23 bits per heavy atom. The number of hydrogen-bond donors (Lipinski definition) is 1. The van der Waals surface area contributed by atoms with Crippen LogP contribution in [0.5, 0.6) is 0 Å². The van der Waals surface area contributed by atoms with Crippen LogP contribution < -0.4 is 14.9 Å². The maximum Gasteiger partial charge on any atom is 0.249 e. The van der Waals surface area contributed by atoms with Crippen LogP contribution in [0.4, 0.5) is 11.6 Å². The summed E-state index contributed by atoms with van der Waals surface area (Å²) < 4.78 is 32.1. The molecule has 2 N–H and O–H groups in total. The number of hydrogen-bond acceptors (Lipinski definition) is 9. The SMILES string of the molecule is CC1CC1CN(CC(=O)C1CC1)c1cc(-c2nnc(C(C)(N)Cc3ccccc3)o2)c(Cl)c(N(C)S(C)(=O)=O)n1. The lowest BCUT2D eigenvalue weighted by Crippen LogP contribution is -2.35. The largest absolute Gasteiger partial charge is 0.419 e. The van der Waals surface area contributed by atoms with Crippen molar-refractivity contribution in [3.05, 3.63) is 52.9 Å². The van der Waals surface area contributed by atoms with Gasteiger partial charge in [-0.25, -0.2) is 13.4 Å². The standard InChI is InChI=1S/C28H35ClN6O4S/c1-17-12-20(17)15-35(16-22(36)19-10-11-19)23-13-21(24(29)25(31-23)34(3)40(4,37)38)26-32-33-27(39-26)28(2,30)14-18-8-6-5-7-9-18/h5-9,13,17,19-20H,10-12,14-16,30H2,1-4H3. The van der Waals surface area contributed by atoms with Crippen LogP contribution in [-0.4, -0.2) is 55.8 Å². The lowest BCUT2D eigenvalue weighted by atomic mass is 9.94. The molecule has 3 unspecified atom stereocenters. The molecule has 12 heteroatoms. The van der Waals surface area contributed by atoms with Crippen LogP contribution in [0.15, 0.2) is 40.8 Å². The second-order valence-electron chi connectivity index (χ2n) is 11.5. The smallest absolute Gasteiger partial charge is 0.249 e. The molecule has 0 amide bonds. The highest BCUT2D eigenvalue weighted by atomic mass is 35.5. The number of benzene rings is 1. The van der Waals surface area contributed by atoms with E-state index in [4.69, 9.17) is 21.8 Å². The molecule has 1 aromatic carbocycles. The van der Waals surface area contributed by atoms with E-state index in [0.29, 0.717) is 36.2 Å². The minimum absolute atomic E-state index is 0.0175. The van der Waals surface area contributed by atoms with Crippen molar-refractivity contribution in [2.75, 3.05) is 35.6 Å². The van der Waals surface area contributed by atoms with E-state index < -0.39 is 15.6 Å². The molecule has 10 nitrogen and oxygen atoms in total. The van der Waals surface area contributed by atoms with E-state index in [1.54, 1.807) is 6.07 Å². The van der Waals surface area contributed by atoms with E-state index >= 15 is 0 Å². The fourth-order valence-corrected chi connectivity index (χ4v) is 5.54. The molecule has 5 rings (SSSR count). The number of aromatic nitrogens is 3. The van der Waals surface area contributed by atoms with Gasteiger partial charge in [0.2, 0.25) is 21.8 Å². The highest BCUT2D eigenvalue weighted by Crippen LogP contribution is 2.42. The monoisotopic (exact) mass is 586 g/mol. The number of carbonyl (C=O) groups is 1. The molecular weight excluding hydrogens is 552 g/mol. The van der Waals surface area contributed by atoms with Crippen LogP contribution in [0, 0.1) is 17.8 Å². The number of anilines is 2. The van der Waals surface area contributed by atoms with Crippen LogP contribution >= 0.6 is 11.6 Å². The zero-order chi connectivity index (χ0) is 28.8. The molecule has 0 bridgehead atoms. The molecular formula is C28H35ClN6O4S. The van der Waals surface area contributed by atoms with Gasteiger partial charge in [0.15, 0.2) is 11.6 Å². The molecule has 2 saturated carbocycles. The van der Waals surface area contributed by atoms with Gasteiger partial charge in [-0.3, -0.25) is 9.10 Å². The Morgan fingerprint density at radius 2 is 1.90 bits per heavy atom. The number of nitrogens with two attached hydrogens (primary N) is 1. The highest BCUT2D eigenvalue weighted by Gasteiger charge is 2.38. The predicted octanol–water partition coefficient (Wildman–Crippen LogP) is 4.04. The molecule has 3 atom stereocenters. The van der Waals surface area contributed by atoms with Crippen molar-refractivity contribution < 1.29 is 17.6 Å². The molecule has 2 aliphatic carbocycles. The third-order valence-electron chi connectivity index (χ3n) is 7.71. The van der Waals surface area contributed by atoms with Crippen molar-refractivity contribution in [1.29, 1.82) is 0 Å². The van der Waals surface area contributed by atoms with Gasteiger partial charge in [-0.2, -0.15) is 0 Å². The Labute approximate surface area is 240 Å². The first-order valence-corrected chi connectivity index (χ1v) is 15.7. The third kappa shape index (κ3) is 6.31. The fraction of sp³-hybridized carbons (Fsp3) is 0.500. The molecule has 2 fully saturated rings. The fourth-order valence-electron chi connectivity index (χ4n) is 4.74. The summed E-state index contributed by atoms with van der Waals surface area (Å²) in [7, 11) is -2.32. The van der Waals surface area contributed by atoms with Crippen LogP contribution in [0.1, 0.15) is 44.6 Å². The van der Waals surface area contributed by atoms with Crippen LogP contribution in [0.2, 0.25) is 5.02 Å². The number of pyridine rings is 1. The van der Waals surface area contributed by atoms with Crippen molar-refractivity contribution in [2.24, 2.45) is 23.5 Å². The summed E-state index contributed by atoms with van der Waals surface area (Å²) in [6, 6.07) is 11.4. The summed E-state index contributed by atoms with van der Waals surface area (Å²) in [5.74, 6) is 1.96. The van der Waals surface area contributed by atoms with Crippen molar-refractivity contribution in [1.82, 2.24) is 15.2 Å². The van der Waals surface area contributed by atoms with Crippen molar-refractivity contribution in [3.8, 4) is 11.5 Å². The lowest BCUT2D eigenvalue weighted by Gasteiger charge is -2.26. The third-order valence-corrected chi connectivity index (χ3v) is 9.26. The summed E-state index contributed by atoms with van der Waals surface area (Å²) in [6.45, 7) is 4.80. The van der Waals surface area contributed by atoms with Gasteiger partial charge in [0.05, 0.1) is 28.9 Å². The summed E-state index contributed by atoms with van der Waals surface area (Å²) in [6.07, 6.45) is 4.41. The minimum Gasteiger partial charge on any atom is -0.419 e. The first-order chi connectivity index (χ1) is 18.8. The van der Waals surface area contributed by atoms with E-state index in [1.165, 1.54) is 7.05 Å². The minimum atomic E-state index is -3.70. The number of sulfonamides is 1. The first-order valence-electron chi connectivity index (χ1n) is 13.4. The van der Waals surface area contributed by atoms with Crippen LogP contribution in [0.3, 0.4) is 0 Å². The quantitative estimate of drug-likeness (QED) is 0.333. The number of rotatable bonds is 12. The second kappa shape index (κ2) is 10.8. The number of Topliss-reactive ketones (excluding diaryl/α,β-unsaturated/α-hetero) is 1.